The summed E-state index contributed by atoms with van der Waals surface area (Å²) in [6, 6.07) is 0. The van der Waals surface area contributed by atoms with Gasteiger partial charge in [-0.2, -0.15) is 0 Å². The van der Waals surface area contributed by atoms with Crippen LogP contribution in [0.5, 0.6) is 0 Å². The van der Waals surface area contributed by atoms with Crippen LogP contribution in [0.25, 0.3) is 0 Å². The van der Waals surface area contributed by atoms with Gasteiger partial charge < -0.3 is 0 Å². The van der Waals surface area contributed by atoms with Gasteiger partial charge in [0.1, 0.15) is 0 Å². The standard InChI is InChI=1S/C24H48/c1-13-16-17-21(6,7)18-22(8,9)19(4)20(5)23(10,11)24(12,14-2)15-3/h20H,4,13-18H2,1-3,5-12H3. The first-order valence-corrected chi connectivity index (χ1v) is 10.4. The Hall–Kier alpha value is -0.260. The molecule has 0 bridgehead atoms. The Morgan fingerprint density at radius 3 is 1.71 bits per heavy atom. The second-order valence-electron chi connectivity index (χ2n) is 10.6. The molecule has 0 aliphatic heterocycles. The summed E-state index contributed by atoms with van der Waals surface area (Å²) in [5, 5.41) is 0. The van der Waals surface area contributed by atoms with Gasteiger partial charge in [0, 0.05) is 0 Å². The maximum Gasteiger partial charge on any atom is -0.0139 e. The van der Waals surface area contributed by atoms with Crippen LogP contribution in [0.3, 0.4) is 0 Å². The third-order valence-corrected chi connectivity index (χ3v) is 7.72. The van der Waals surface area contributed by atoms with Crippen LogP contribution in [0, 0.1) is 27.6 Å². The van der Waals surface area contributed by atoms with Crippen molar-refractivity contribution in [2.24, 2.45) is 27.6 Å². The van der Waals surface area contributed by atoms with E-state index in [-0.39, 0.29) is 10.8 Å². The summed E-state index contributed by atoms with van der Waals surface area (Å²) in [5.41, 5.74) is 2.66. The van der Waals surface area contributed by atoms with Crippen molar-refractivity contribution in [1.29, 1.82) is 0 Å². The third-order valence-electron chi connectivity index (χ3n) is 7.72. The highest BCUT2D eigenvalue weighted by atomic mass is 14.5. The van der Waals surface area contributed by atoms with Crippen molar-refractivity contribution < 1.29 is 0 Å². The fourth-order valence-electron chi connectivity index (χ4n) is 4.76. The van der Waals surface area contributed by atoms with Gasteiger partial charge in [-0.15, -0.1) is 0 Å². The van der Waals surface area contributed by atoms with Crippen LogP contribution in [-0.2, 0) is 0 Å². The van der Waals surface area contributed by atoms with Crippen LogP contribution >= 0.6 is 0 Å². The van der Waals surface area contributed by atoms with Gasteiger partial charge in [-0.3, -0.25) is 0 Å². The minimum atomic E-state index is 0.191. The summed E-state index contributed by atoms with van der Waals surface area (Å²) in [5.74, 6) is 0.527. The number of rotatable bonds is 11. The molecule has 0 fully saturated rings. The molecule has 0 nitrogen and oxygen atoms in total. The molecule has 0 aliphatic carbocycles. The monoisotopic (exact) mass is 336 g/mol. The predicted octanol–water partition coefficient (Wildman–Crippen LogP) is 8.66. The first-order chi connectivity index (χ1) is 10.7. The lowest BCUT2D eigenvalue weighted by molar-refractivity contribution is 0.0273. The van der Waals surface area contributed by atoms with E-state index < -0.39 is 0 Å². The molecule has 1 unspecified atom stereocenters. The third kappa shape index (κ3) is 5.37. The largest absolute Gasteiger partial charge is 0.0990 e. The Labute approximate surface area is 154 Å². The molecule has 0 saturated carbocycles. The molecule has 144 valence electrons. The quantitative estimate of drug-likeness (QED) is 0.331. The number of allylic oxidation sites excluding steroid dienone is 1. The molecule has 0 N–H and O–H groups in total. The molecule has 24 heavy (non-hydrogen) atoms. The van der Waals surface area contributed by atoms with E-state index in [0.29, 0.717) is 16.7 Å². The molecule has 1 atom stereocenters. The molecule has 0 aromatic heterocycles. The predicted molar refractivity (Wildman–Crippen MR) is 112 cm³/mol. The minimum absolute atomic E-state index is 0.191. The molecule has 0 rings (SSSR count). The van der Waals surface area contributed by atoms with E-state index >= 15 is 0 Å². The Morgan fingerprint density at radius 2 is 1.33 bits per heavy atom. The van der Waals surface area contributed by atoms with Crippen LogP contribution in [-0.4, -0.2) is 0 Å². The Kier molecular flexibility index (Phi) is 8.32. The summed E-state index contributed by atoms with van der Waals surface area (Å²) in [7, 11) is 0. The molecule has 0 spiro atoms. The van der Waals surface area contributed by atoms with Gasteiger partial charge in [-0.05, 0) is 40.4 Å². The fraction of sp³-hybridized carbons (Fsp3) is 0.917. The molecule has 0 aliphatic rings. The van der Waals surface area contributed by atoms with Crippen molar-refractivity contribution in [3.63, 3.8) is 0 Å². The van der Waals surface area contributed by atoms with E-state index in [2.05, 4.69) is 82.7 Å². The van der Waals surface area contributed by atoms with E-state index in [9.17, 15) is 0 Å². The zero-order chi connectivity index (χ0) is 19.4. The lowest BCUT2D eigenvalue weighted by Crippen LogP contribution is -2.42. The van der Waals surface area contributed by atoms with Crippen LogP contribution in [0.1, 0.15) is 115 Å². The smallest absolute Gasteiger partial charge is 0.0139 e. The molecular weight excluding hydrogens is 288 g/mol. The summed E-state index contributed by atoms with van der Waals surface area (Å²) >= 11 is 0. The van der Waals surface area contributed by atoms with E-state index in [1.807, 2.05) is 0 Å². The Morgan fingerprint density at radius 1 is 0.875 bits per heavy atom. The van der Waals surface area contributed by atoms with E-state index in [1.54, 1.807) is 0 Å². The average molecular weight is 337 g/mol. The van der Waals surface area contributed by atoms with E-state index in [4.69, 9.17) is 0 Å². The normalized spacial score (nSPS) is 15.5. The summed E-state index contributed by atoms with van der Waals surface area (Å²) in [6.45, 7) is 31.2. The van der Waals surface area contributed by atoms with Gasteiger partial charge in [-0.1, -0.05) is 114 Å². The van der Waals surface area contributed by atoms with Crippen molar-refractivity contribution in [1.82, 2.24) is 0 Å². The first-order valence-electron chi connectivity index (χ1n) is 10.4. The molecule has 0 radical (unpaired) electrons. The van der Waals surface area contributed by atoms with Crippen LogP contribution < -0.4 is 0 Å². The molecule has 0 aromatic rings. The summed E-state index contributed by atoms with van der Waals surface area (Å²) in [6.07, 6.45) is 7.64. The van der Waals surface area contributed by atoms with Gasteiger partial charge in [0.05, 0.1) is 0 Å². The fourth-order valence-corrected chi connectivity index (χ4v) is 4.76. The molecule has 0 heterocycles. The lowest BCUT2D eigenvalue weighted by atomic mass is 9.54. The maximum atomic E-state index is 4.64. The highest BCUT2D eigenvalue weighted by molar-refractivity contribution is 5.16. The van der Waals surface area contributed by atoms with Crippen LogP contribution in [0.15, 0.2) is 12.2 Å². The van der Waals surface area contributed by atoms with E-state index in [0.717, 1.165) is 0 Å². The Balaban J connectivity index is 5.36. The highest BCUT2D eigenvalue weighted by Crippen LogP contribution is 2.54. The minimum Gasteiger partial charge on any atom is -0.0990 e. The van der Waals surface area contributed by atoms with Crippen molar-refractivity contribution in [3.8, 4) is 0 Å². The zero-order valence-electron chi connectivity index (χ0n) is 19.0. The molecule has 0 aromatic carbocycles. The van der Waals surface area contributed by atoms with Gasteiger partial charge >= 0.3 is 0 Å². The molecule has 0 saturated heterocycles. The van der Waals surface area contributed by atoms with Crippen LogP contribution in [0.4, 0.5) is 0 Å². The molecular formula is C24H48. The summed E-state index contributed by atoms with van der Waals surface area (Å²) < 4.78 is 0. The van der Waals surface area contributed by atoms with Crippen molar-refractivity contribution in [2.45, 2.75) is 115 Å². The topological polar surface area (TPSA) is 0 Å². The zero-order valence-corrected chi connectivity index (χ0v) is 19.0. The second-order valence-corrected chi connectivity index (χ2v) is 10.6. The van der Waals surface area contributed by atoms with Gasteiger partial charge in [-0.25, -0.2) is 0 Å². The van der Waals surface area contributed by atoms with Crippen molar-refractivity contribution in [3.05, 3.63) is 12.2 Å². The highest BCUT2D eigenvalue weighted by Gasteiger charge is 2.45. The lowest BCUT2D eigenvalue weighted by Gasteiger charge is -2.51. The average Bonchev–Trinajstić information content (AvgIpc) is 2.49. The summed E-state index contributed by atoms with van der Waals surface area (Å²) in [4.78, 5) is 0. The van der Waals surface area contributed by atoms with E-state index in [1.165, 1.54) is 44.1 Å². The van der Waals surface area contributed by atoms with Gasteiger partial charge in [0.25, 0.3) is 0 Å². The number of hydrogen-bond donors (Lipinski definition) is 0. The van der Waals surface area contributed by atoms with Crippen LogP contribution in [0.2, 0.25) is 0 Å². The van der Waals surface area contributed by atoms with Gasteiger partial charge in [0.2, 0.25) is 0 Å². The number of hydrogen-bond acceptors (Lipinski definition) is 0. The SMILES string of the molecule is C=C(C(C)C(C)(C)C(C)(CC)CC)C(C)(C)CC(C)(C)CCCC. The van der Waals surface area contributed by atoms with Gasteiger partial charge in [0.15, 0.2) is 0 Å². The first kappa shape index (κ1) is 23.7. The maximum absolute atomic E-state index is 4.64. The van der Waals surface area contributed by atoms with Crippen molar-refractivity contribution in [2.75, 3.05) is 0 Å². The Bertz CT molecular complexity index is 390. The molecule has 0 amide bonds. The number of unbranched alkanes of at least 4 members (excludes halogenated alkanes) is 1. The second kappa shape index (κ2) is 8.41. The molecule has 0 heteroatoms. The van der Waals surface area contributed by atoms with Crippen molar-refractivity contribution >= 4 is 0 Å².